The smallest absolute Gasteiger partial charge is 0.150 e. The third kappa shape index (κ3) is 4.20. The highest BCUT2D eigenvalue weighted by Crippen LogP contribution is 2.19. The zero-order valence-electron chi connectivity index (χ0n) is 8.23. The van der Waals surface area contributed by atoms with Crippen LogP contribution in [0, 0.1) is 0 Å². The summed E-state index contributed by atoms with van der Waals surface area (Å²) in [6, 6.07) is 7.75. The maximum atomic E-state index is 10.5. The van der Waals surface area contributed by atoms with Crippen LogP contribution in [0.25, 0.3) is 0 Å². The quantitative estimate of drug-likeness (QED) is 0.421. The second kappa shape index (κ2) is 6.96. The fraction of sp³-hybridized carbons (Fsp3) is 0.364. The molecule has 0 N–H and O–H groups in total. The maximum Gasteiger partial charge on any atom is 0.150 e. The number of hydrogen-bond acceptors (Lipinski definition) is 3. The van der Waals surface area contributed by atoms with Crippen LogP contribution in [-0.4, -0.2) is 23.5 Å². The Morgan fingerprint density at radius 2 is 2.21 bits per heavy atom. The van der Waals surface area contributed by atoms with Crippen LogP contribution in [0.4, 0.5) is 0 Å². The minimum atomic E-state index is 0.762. The summed E-state index contributed by atoms with van der Waals surface area (Å²) in [6.07, 6.45) is 0.894. The summed E-state index contributed by atoms with van der Waals surface area (Å²) in [5, 5.41) is 0. The van der Waals surface area contributed by atoms with Crippen molar-refractivity contribution in [3.8, 4) is 0 Å². The number of benzene rings is 1. The number of rotatable bonds is 6. The molecule has 0 saturated heterocycles. The van der Waals surface area contributed by atoms with E-state index in [2.05, 4.69) is 6.92 Å². The van der Waals surface area contributed by atoms with Crippen LogP contribution in [0.5, 0.6) is 0 Å². The van der Waals surface area contributed by atoms with Crippen molar-refractivity contribution in [3.63, 3.8) is 0 Å². The van der Waals surface area contributed by atoms with Crippen LogP contribution >= 0.6 is 23.5 Å². The van der Waals surface area contributed by atoms with Crippen molar-refractivity contribution in [3.05, 3.63) is 29.8 Å². The van der Waals surface area contributed by atoms with E-state index in [1.54, 1.807) is 0 Å². The number of carbonyl (C=O) groups excluding carboxylic acids is 1. The first-order valence-electron chi connectivity index (χ1n) is 4.62. The van der Waals surface area contributed by atoms with Gasteiger partial charge in [0.15, 0.2) is 0 Å². The Hall–Kier alpha value is -0.410. The molecule has 0 atom stereocenters. The van der Waals surface area contributed by atoms with Gasteiger partial charge in [0, 0.05) is 22.0 Å². The number of hydrogen-bond donors (Lipinski definition) is 0. The number of aldehydes is 1. The van der Waals surface area contributed by atoms with Crippen LogP contribution < -0.4 is 0 Å². The number of thioether (sulfide) groups is 2. The van der Waals surface area contributed by atoms with Crippen LogP contribution in [0.2, 0.25) is 0 Å². The summed E-state index contributed by atoms with van der Waals surface area (Å²) in [5.41, 5.74) is 0.762. The van der Waals surface area contributed by atoms with Crippen LogP contribution in [0.3, 0.4) is 0 Å². The lowest BCUT2D eigenvalue weighted by atomic mass is 10.2. The molecule has 0 unspecified atom stereocenters. The largest absolute Gasteiger partial charge is 0.298 e. The van der Waals surface area contributed by atoms with Gasteiger partial charge in [-0.25, -0.2) is 0 Å². The van der Waals surface area contributed by atoms with Crippen LogP contribution in [0.1, 0.15) is 17.3 Å². The van der Waals surface area contributed by atoms with E-state index in [4.69, 9.17) is 0 Å². The van der Waals surface area contributed by atoms with Gasteiger partial charge < -0.3 is 0 Å². The molecule has 0 aliphatic rings. The Labute approximate surface area is 93.7 Å². The monoisotopic (exact) mass is 226 g/mol. The molecular weight excluding hydrogens is 212 g/mol. The fourth-order valence-corrected chi connectivity index (χ4v) is 2.76. The Kier molecular flexibility index (Phi) is 5.80. The normalized spacial score (nSPS) is 10.1. The first-order chi connectivity index (χ1) is 6.86. The van der Waals surface area contributed by atoms with E-state index in [0.29, 0.717) is 0 Å². The van der Waals surface area contributed by atoms with E-state index < -0.39 is 0 Å². The molecule has 0 aliphatic carbocycles. The molecule has 1 nitrogen and oxygen atoms in total. The zero-order valence-corrected chi connectivity index (χ0v) is 9.87. The zero-order chi connectivity index (χ0) is 10.2. The standard InChI is InChI=1S/C11H14OS2/c1-2-13-6-7-14-11-5-3-4-10(8-11)9-12/h3-5,8-9H,2,6-7H2,1H3. The van der Waals surface area contributed by atoms with Gasteiger partial charge in [-0.15, -0.1) is 11.8 Å². The fourth-order valence-electron chi connectivity index (χ4n) is 1.04. The summed E-state index contributed by atoms with van der Waals surface area (Å²) >= 11 is 3.76. The van der Waals surface area contributed by atoms with Gasteiger partial charge >= 0.3 is 0 Å². The molecule has 1 aromatic carbocycles. The van der Waals surface area contributed by atoms with E-state index in [-0.39, 0.29) is 0 Å². The first-order valence-corrected chi connectivity index (χ1v) is 6.76. The van der Waals surface area contributed by atoms with Gasteiger partial charge in [0.1, 0.15) is 6.29 Å². The van der Waals surface area contributed by atoms with Crippen molar-refractivity contribution < 1.29 is 4.79 Å². The average molecular weight is 226 g/mol. The molecule has 0 saturated carbocycles. The SMILES string of the molecule is CCSCCSc1cccc(C=O)c1. The molecule has 76 valence electrons. The molecule has 0 fully saturated rings. The molecule has 0 radical (unpaired) electrons. The first kappa shape index (κ1) is 11.7. The van der Waals surface area contributed by atoms with E-state index in [1.165, 1.54) is 16.4 Å². The molecule has 0 heterocycles. The van der Waals surface area contributed by atoms with Crippen molar-refractivity contribution in [2.75, 3.05) is 17.3 Å². The molecule has 3 heteroatoms. The molecule has 0 amide bonds. The minimum absolute atomic E-state index is 0.762. The van der Waals surface area contributed by atoms with E-state index in [1.807, 2.05) is 47.8 Å². The molecule has 14 heavy (non-hydrogen) atoms. The Morgan fingerprint density at radius 1 is 1.36 bits per heavy atom. The molecule has 0 spiro atoms. The van der Waals surface area contributed by atoms with Gasteiger partial charge in [0.05, 0.1) is 0 Å². The lowest BCUT2D eigenvalue weighted by molar-refractivity contribution is 0.112. The van der Waals surface area contributed by atoms with Crippen molar-refractivity contribution >= 4 is 29.8 Å². The van der Waals surface area contributed by atoms with E-state index in [9.17, 15) is 4.79 Å². The molecule has 1 rings (SSSR count). The molecule has 0 aliphatic heterocycles. The van der Waals surface area contributed by atoms with Gasteiger partial charge in [-0.3, -0.25) is 4.79 Å². The predicted molar refractivity (Wildman–Crippen MR) is 65.6 cm³/mol. The van der Waals surface area contributed by atoms with Gasteiger partial charge in [-0.1, -0.05) is 19.1 Å². The number of carbonyl (C=O) groups is 1. The highest BCUT2D eigenvalue weighted by Gasteiger charge is 1.95. The second-order valence-electron chi connectivity index (χ2n) is 2.74. The lowest BCUT2D eigenvalue weighted by Gasteiger charge is -2.01. The predicted octanol–water partition coefficient (Wildman–Crippen LogP) is 3.34. The summed E-state index contributed by atoms with van der Waals surface area (Å²) < 4.78 is 0. The lowest BCUT2D eigenvalue weighted by Crippen LogP contribution is -1.85. The third-order valence-electron chi connectivity index (χ3n) is 1.69. The average Bonchev–Trinajstić information content (AvgIpc) is 2.25. The van der Waals surface area contributed by atoms with Gasteiger partial charge in [-0.2, -0.15) is 11.8 Å². The summed E-state index contributed by atoms with van der Waals surface area (Å²) in [4.78, 5) is 11.7. The summed E-state index contributed by atoms with van der Waals surface area (Å²) in [6.45, 7) is 2.17. The van der Waals surface area contributed by atoms with E-state index >= 15 is 0 Å². The van der Waals surface area contributed by atoms with Crippen molar-refractivity contribution in [2.24, 2.45) is 0 Å². The Morgan fingerprint density at radius 3 is 2.93 bits per heavy atom. The maximum absolute atomic E-state index is 10.5. The second-order valence-corrected chi connectivity index (χ2v) is 5.30. The molecule has 0 bridgehead atoms. The van der Waals surface area contributed by atoms with Crippen molar-refractivity contribution in [1.29, 1.82) is 0 Å². The highest BCUT2D eigenvalue weighted by atomic mass is 32.2. The van der Waals surface area contributed by atoms with Crippen molar-refractivity contribution in [1.82, 2.24) is 0 Å². The topological polar surface area (TPSA) is 17.1 Å². The Bertz CT molecular complexity index is 286. The summed E-state index contributed by atoms with van der Waals surface area (Å²) in [5.74, 6) is 3.46. The molecule has 0 aromatic heterocycles. The van der Waals surface area contributed by atoms with Crippen LogP contribution in [0.15, 0.2) is 29.2 Å². The third-order valence-corrected chi connectivity index (χ3v) is 3.85. The van der Waals surface area contributed by atoms with Crippen molar-refractivity contribution in [2.45, 2.75) is 11.8 Å². The highest BCUT2D eigenvalue weighted by molar-refractivity contribution is 8.02. The minimum Gasteiger partial charge on any atom is -0.298 e. The van der Waals surface area contributed by atoms with E-state index in [0.717, 1.165) is 17.6 Å². The summed E-state index contributed by atoms with van der Waals surface area (Å²) in [7, 11) is 0. The van der Waals surface area contributed by atoms with Crippen LogP contribution in [-0.2, 0) is 0 Å². The molecule has 1 aromatic rings. The van der Waals surface area contributed by atoms with Gasteiger partial charge in [0.2, 0.25) is 0 Å². The van der Waals surface area contributed by atoms with Gasteiger partial charge in [0.25, 0.3) is 0 Å². The Balaban J connectivity index is 2.38. The molecular formula is C11H14OS2. The van der Waals surface area contributed by atoms with Gasteiger partial charge in [-0.05, 0) is 17.9 Å².